The minimum atomic E-state index is -0.616. The van der Waals surface area contributed by atoms with E-state index in [1.54, 1.807) is 6.07 Å². The number of carbonyl (C=O) groups excluding carboxylic acids is 1. The second kappa shape index (κ2) is 10.3. The van der Waals surface area contributed by atoms with Gasteiger partial charge in [-0.3, -0.25) is 10.1 Å². The van der Waals surface area contributed by atoms with Crippen molar-refractivity contribution < 1.29 is 9.21 Å². The molecule has 1 aromatic heterocycles. The van der Waals surface area contributed by atoms with Gasteiger partial charge in [-0.15, -0.1) is 0 Å². The molecule has 182 valence electrons. The van der Waals surface area contributed by atoms with E-state index in [-0.39, 0.29) is 5.91 Å². The number of aliphatic imine (C=N–C) groups is 1. The van der Waals surface area contributed by atoms with E-state index in [0.717, 1.165) is 23.1 Å². The lowest BCUT2D eigenvalue weighted by molar-refractivity contribution is -0.118. The quantitative estimate of drug-likeness (QED) is 0.314. The first-order valence-electron chi connectivity index (χ1n) is 11.8. The molecule has 0 aliphatic carbocycles. The summed E-state index contributed by atoms with van der Waals surface area (Å²) in [4.78, 5) is 22.7. The molecule has 0 fully saturated rings. The van der Waals surface area contributed by atoms with Gasteiger partial charge in [0.1, 0.15) is 11.6 Å². The maximum atomic E-state index is 13.4. The molecular weight excluding hydrogens is 474 g/mol. The van der Waals surface area contributed by atoms with Crippen LogP contribution < -0.4 is 16.0 Å². The van der Waals surface area contributed by atoms with Crippen molar-refractivity contribution in [3.05, 3.63) is 106 Å². The Morgan fingerprint density at radius 2 is 1.75 bits per heavy atom. The fourth-order valence-corrected chi connectivity index (χ4v) is 4.39. The van der Waals surface area contributed by atoms with Gasteiger partial charge in [0, 0.05) is 22.8 Å². The van der Waals surface area contributed by atoms with E-state index in [4.69, 9.17) is 21.0 Å². The third-order valence-electron chi connectivity index (χ3n) is 6.09. The van der Waals surface area contributed by atoms with Crippen LogP contribution in [0.25, 0.3) is 11.1 Å². The molecule has 1 aliphatic rings. The number of amides is 1. The number of para-hydroxylation sites is 2. The van der Waals surface area contributed by atoms with Gasteiger partial charge in [0.25, 0.3) is 5.91 Å². The average molecular weight is 500 g/mol. The average Bonchev–Trinajstić information content (AvgIpc) is 3.30. The molecule has 1 unspecified atom stereocenters. The molecule has 8 heteroatoms. The van der Waals surface area contributed by atoms with E-state index in [1.165, 1.54) is 5.56 Å². The van der Waals surface area contributed by atoms with Crippen LogP contribution in [-0.2, 0) is 17.8 Å². The van der Waals surface area contributed by atoms with Gasteiger partial charge in [0.15, 0.2) is 5.58 Å². The highest BCUT2D eigenvalue weighted by Crippen LogP contribution is 2.35. The SMILES string of the molecule is CCc1ccc(CNC(=O)C2=C(C)NC(Nc3nc4ccccc4o3)=NC2c2ccccc2Cl)cc1. The summed E-state index contributed by atoms with van der Waals surface area (Å²) in [6, 6.07) is 22.8. The maximum absolute atomic E-state index is 13.4. The number of guanidine groups is 1. The lowest BCUT2D eigenvalue weighted by Crippen LogP contribution is -2.39. The summed E-state index contributed by atoms with van der Waals surface area (Å²) < 4.78 is 5.78. The van der Waals surface area contributed by atoms with Gasteiger partial charge in [-0.05, 0) is 42.7 Å². The first-order valence-corrected chi connectivity index (χ1v) is 12.2. The van der Waals surface area contributed by atoms with Crippen molar-refractivity contribution in [2.45, 2.75) is 32.9 Å². The van der Waals surface area contributed by atoms with E-state index < -0.39 is 6.04 Å². The number of hydrogen-bond donors (Lipinski definition) is 3. The van der Waals surface area contributed by atoms with Gasteiger partial charge >= 0.3 is 6.01 Å². The summed E-state index contributed by atoms with van der Waals surface area (Å²) in [6.07, 6.45) is 0.974. The van der Waals surface area contributed by atoms with E-state index >= 15 is 0 Å². The van der Waals surface area contributed by atoms with Crippen LogP contribution in [0.15, 0.2) is 93.5 Å². The zero-order valence-corrected chi connectivity index (χ0v) is 20.8. The maximum Gasteiger partial charge on any atom is 0.302 e. The van der Waals surface area contributed by atoms with Crippen molar-refractivity contribution in [2.75, 3.05) is 5.32 Å². The molecule has 2 heterocycles. The summed E-state index contributed by atoms with van der Waals surface area (Å²) in [5.41, 5.74) is 5.57. The number of benzene rings is 3. The molecule has 0 bridgehead atoms. The Balaban J connectivity index is 1.41. The topological polar surface area (TPSA) is 91.6 Å². The normalized spacial score (nSPS) is 15.4. The van der Waals surface area contributed by atoms with Gasteiger partial charge in [-0.25, -0.2) is 4.99 Å². The fourth-order valence-electron chi connectivity index (χ4n) is 4.15. The number of hydrogen-bond acceptors (Lipinski definition) is 6. The Morgan fingerprint density at radius 3 is 2.50 bits per heavy atom. The number of aromatic nitrogens is 1. The number of nitrogens with zero attached hydrogens (tertiary/aromatic N) is 2. The standard InChI is InChI=1S/C28H26ClN5O2/c1-3-18-12-14-19(15-13-18)16-30-26(35)24-17(2)31-27(33-25(24)20-8-4-5-9-21(20)29)34-28-32-22-10-6-7-11-23(22)36-28/h4-15,25H,3,16H2,1-2H3,(H,30,35)(H2,31,32,33,34). The van der Waals surface area contributed by atoms with Gasteiger partial charge in [0.05, 0.1) is 5.57 Å². The van der Waals surface area contributed by atoms with Crippen molar-refractivity contribution in [1.82, 2.24) is 15.6 Å². The molecule has 3 N–H and O–H groups in total. The van der Waals surface area contributed by atoms with Gasteiger partial charge in [0.2, 0.25) is 5.96 Å². The third kappa shape index (κ3) is 4.97. The van der Waals surface area contributed by atoms with Crippen molar-refractivity contribution in [3.63, 3.8) is 0 Å². The van der Waals surface area contributed by atoms with E-state index in [2.05, 4.69) is 40.0 Å². The van der Waals surface area contributed by atoms with Crippen LogP contribution in [0.5, 0.6) is 0 Å². The number of carbonyl (C=O) groups is 1. The van der Waals surface area contributed by atoms with Crippen LogP contribution >= 0.6 is 11.6 Å². The number of anilines is 1. The zero-order valence-electron chi connectivity index (χ0n) is 20.0. The van der Waals surface area contributed by atoms with Crippen molar-refractivity contribution in [2.24, 2.45) is 4.99 Å². The highest BCUT2D eigenvalue weighted by Gasteiger charge is 2.31. The number of fused-ring (bicyclic) bond motifs is 1. The lowest BCUT2D eigenvalue weighted by Gasteiger charge is -2.27. The molecule has 5 rings (SSSR count). The van der Waals surface area contributed by atoms with Crippen LogP contribution in [-0.4, -0.2) is 16.9 Å². The molecule has 1 atom stereocenters. The number of nitrogens with one attached hydrogen (secondary N) is 3. The second-order valence-electron chi connectivity index (χ2n) is 8.53. The van der Waals surface area contributed by atoms with Crippen molar-refractivity contribution in [3.8, 4) is 0 Å². The fraction of sp³-hybridized carbons (Fsp3) is 0.179. The van der Waals surface area contributed by atoms with E-state index in [0.29, 0.717) is 40.4 Å². The highest BCUT2D eigenvalue weighted by molar-refractivity contribution is 6.31. The first kappa shape index (κ1) is 23.6. The van der Waals surface area contributed by atoms with Crippen LogP contribution in [0.4, 0.5) is 6.01 Å². The molecule has 3 aromatic carbocycles. The van der Waals surface area contributed by atoms with Crippen LogP contribution in [0, 0.1) is 0 Å². The molecule has 0 radical (unpaired) electrons. The molecule has 1 amide bonds. The molecule has 0 saturated carbocycles. The van der Waals surface area contributed by atoms with E-state index in [9.17, 15) is 4.79 Å². The number of rotatable bonds is 6. The van der Waals surface area contributed by atoms with Crippen molar-refractivity contribution in [1.29, 1.82) is 0 Å². The summed E-state index contributed by atoms with van der Waals surface area (Å²) >= 11 is 6.54. The first-order chi connectivity index (χ1) is 17.5. The minimum absolute atomic E-state index is 0.214. The lowest BCUT2D eigenvalue weighted by atomic mass is 9.95. The number of oxazole rings is 1. The molecule has 0 spiro atoms. The summed E-state index contributed by atoms with van der Waals surface area (Å²) in [6.45, 7) is 4.37. The molecule has 7 nitrogen and oxygen atoms in total. The highest BCUT2D eigenvalue weighted by atomic mass is 35.5. The van der Waals surface area contributed by atoms with Crippen LogP contribution in [0.3, 0.4) is 0 Å². The Labute approximate surface area is 214 Å². The summed E-state index contributed by atoms with van der Waals surface area (Å²) in [7, 11) is 0. The second-order valence-corrected chi connectivity index (χ2v) is 8.94. The molecule has 1 aliphatic heterocycles. The van der Waals surface area contributed by atoms with Crippen molar-refractivity contribution >= 4 is 40.6 Å². The number of halogens is 1. The summed E-state index contributed by atoms with van der Waals surface area (Å²) in [5.74, 6) is 0.199. The predicted octanol–water partition coefficient (Wildman–Crippen LogP) is 5.75. The predicted molar refractivity (Wildman–Crippen MR) is 143 cm³/mol. The monoisotopic (exact) mass is 499 g/mol. The van der Waals surface area contributed by atoms with Gasteiger partial charge < -0.3 is 15.1 Å². The number of allylic oxidation sites excluding steroid dienone is 1. The van der Waals surface area contributed by atoms with E-state index in [1.807, 2.05) is 61.5 Å². The minimum Gasteiger partial charge on any atom is -0.423 e. The Bertz CT molecular complexity index is 1440. The third-order valence-corrected chi connectivity index (χ3v) is 6.43. The number of aryl methyl sites for hydroxylation is 1. The Hall–Kier alpha value is -4.10. The van der Waals surface area contributed by atoms with Crippen LogP contribution in [0.2, 0.25) is 5.02 Å². The Morgan fingerprint density at radius 1 is 1.03 bits per heavy atom. The summed E-state index contributed by atoms with van der Waals surface area (Å²) in [5, 5.41) is 9.86. The van der Waals surface area contributed by atoms with Gasteiger partial charge in [-0.1, -0.05) is 73.1 Å². The molecule has 0 saturated heterocycles. The smallest absolute Gasteiger partial charge is 0.302 e. The molecular formula is C28H26ClN5O2. The molecule has 36 heavy (non-hydrogen) atoms. The van der Waals surface area contributed by atoms with Crippen LogP contribution in [0.1, 0.15) is 36.6 Å². The van der Waals surface area contributed by atoms with Gasteiger partial charge in [-0.2, -0.15) is 4.98 Å². The largest absolute Gasteiger partial charge is 0.423 e. The zero-order chi connectivity index (χ0) is 25.1. The molecule has 4 aromatic rings. The Kier molecular flexibility index (Phi) is 6.73.